The van der Waals surface area contributed by atoms with E-state index in [0.29, 0.717) is 5.56 Å². The van der Waals surface area contributed by atoms with Crippen molar-refractivity contribution in [3.05, 3.63) is 60.4 Å². The molecule has 1 aliphatic rings. The summed E-state index contributed by atoms with van der Waals surface area (Å²) in [4.78, 5) is 15.3. The number of hydrogen-bond acceptors (Lipinski definition) is 3. The lowest BCUT2D eigenvalue weighted by molar-refractivity contribution is 0.102. The summed E-state index contributed by atoms with van der Waals surface area (Å²) in [5, 5.41) is 9.81. The summed E-state index contributed by atoms with van der Waals surface area (Å²) in [5.74, 6) is -0.122. The minimum Gasteiger partial charge on any atom is -0.341 e. The fourth-order valence-corrected chi connectivity index (χ4v) is 4.71. The smallest absolute Gasteiger partial charge is 0.258 e. The molecule has 6 heteroatoms. The van der Waals surface area contributed by atoms with Crippen molar-refractivity contribution in [2.24, 2.45) is 0 Å². The van der Waals surface area contributed by atoms with Crippen molar-refractivity contribution in [3.8, 4) is 0 Å². The van der Waals surface area contributed by atoms with Gasteiger partial charge < -0.3 is 14.8 Å². The number of amides is 1. The van der Waals surface area contributed by atoms with E-state index >= 15 is 0 Å². The number of hydrogen-bond donors (Lipinski definition) is 1. The quantitative estimate of drug-likeness (QED) is 0.494. The van der Waals surface area contributed by atoms with Gasteiger partial charge in [0.1, 0.15) is 0 Å². The number of piperidine rings is 1. The Kier molecular flexibility index (Phi) is 5.47. The number of benzene rings is 2. The number of para-hydroxylation sites is 1. The lowest BCUT2D eigenvalue weighted by Gasteiger charge is -2.26. The second kappa shape index (κ2) is 8.55. The molecule has 0 bridgehead atoms. The third kappa shape index (κ3) is 3.95. The van der Waals surface area contributed by atoms with Gasteiger partial charge in [0.2, 0.25) is 0 Å². The van der Waals surface area contributed by atoms with Crippen LogP contribution in [0, 0.1) is 0 Å². The molecule has 31 heavy (non-hydrogen) atoms. The maximum Gasteiger partial charge on any atom is 0.258 e. The van der Waals surface area contributed by atoms with Crippen LogP contribution in [0.2, 0.25) is 0 Å². The van der Waals surface area contributed by atoms with Crippen LogP contribution in [0.25, 0.3) is 21.8 Å². The van der Waals surface area contributed by atoms with Gasteiger partial charge in [-0.15, -0.1) is 0 Å². The Morgan fingerprint density at radius 3 is 2.65 bits per heavy atom. The molecule has 1 N–H and O–H groups in total. The third-order valence-corrected chi connectivity index (χ3v) is 6.34. The van der Waals surface area contributed by atoms with E-state index in [-0.39, 0.29) is 5.91 Å². The molecule has 0 aliphatic carbocycles. The van der Waals surface area contributed by atoms with Gasteiger partial charge in [0.05, 0.1) is 18.3 Å². The minimum absolute atomic E-state index is 0.122. The average molecular weight is 416 g/mol. The molecule has 0 radical (unpaired) electrons. The SMILES string of the molecule is CCn1c2ccccc2c2cc(NC(=O)c3cnn(CCN4CCCCC4)c3)ccc21. The maximum absolute atomic E-state index is 12.8. The van der Waals surface area contributed by atoms with Crippen LogP contribution in [0.4, 0.5) is 5.69 Å². The van der Waals surface area contributed by atoms with E-state index in [1.165, 1.54) is 48.8 Å². The first kappa shape index (κ1) is 19.8. The number of fused-ring (bicyclic) bond motifs is 3. The number of likely N-dealkylation sites (tertiary alicyclic amines) is 1. The Labute approximate surface area is 182 Å². The second-order valence-electron chi connectivity index (χ2n) is 8.34. The van der Waals surface area contributed by atoms with Crippen LogP contribution in [0.3, 0.4) is 0 Å². The molecule has 160 valence electrons. The summed E-state index contributed by atoms with van der Waals surface area (Å²) in [6.45, 7) is 7.21. The van der Waals surface area contributed by atoms with Crippen molar-refractivity contribution in [2.45, 2.75) is 39.3 Å². The molecule has 1 amide bonds. The molecule has 5 rings (SSSR count). The molecule has 2 aromatic heterocycles. The van der Waals surface area contributed by atoms with Crippen molar-refractivity contribution in [1.29, 1.82) is 0 Å². The highest BCUT2D eigenvalue weighted by Gasteiger charge is 2.14. The Morgan fingerprint density at radius 1 is 1.00 bits per heavy atom. The minimum atomic E-state index is -0.122. The molecule has 4 aromatic rings. The molecule has 6 nitrogen and oxygen atoms in total. The number of carbonyl (C=O) groups excluding carboxylic acids is 1. The van der Waals surface area contributed by atoms with Crippen LogP contribution >= 0.6 is 0 Å². The van der Waals surface area contributed by atoms with Gasteiger partial charge >= 0.3 is 0 Å². The van der Waals surface area contributed by atoms with E-state index in [4.69, 9.17) is 0 Å². The molecule has 0 atom stereocenters. The van der Waals surface area contributed by atoms with E-state index < -0.39 is 0 Å². The maximum atomic E-state index is 12.8. The Bertz CT molecular complexity index is 1220. The molecular formula is C25H29N5O. The van der Waals surface area contributed by atoms with Crippen LogP contribution in [-0.4, -0.2) is 44.8 Å². The highest BCUT2D eigenvalue weighted by Crippen LogP contribution is 2.31. The molecule has 0 saturated carbocycles. The third-order valence-electron chi connectivity index (χ3n) is 6.34. The second-order valence-corrected chi connectivity index (χ2v) is 8.34. The van der Waals surface area contributed by atoms with Crippen LogP contribution in [0.5, 0.6) is 0 Å². The van der Waals surface area contributed by atoms with Gasteiger partial charge in [0, 0.05) is 46.8 Å². The number of carbonyl (C=O) groups is 1. The monoisotopic (exact) mass is 415 g/mol. The number of nitrogens with one attached hydrogen (secondary N) is 1. The van der Waals surface area contributed by atoms with Crippen LogP contribution in [0.1, 0.15) is 36.5 Å². The van der Waals surface area contributed by atoms with Crippen LogP contribution < -0.4 is 5.32 Å². The fourth-order valence-electron chi connectivity index (χ4n) is 4.71. The summed E-state index contributed by atoms with van der Waals surface area (Å²) in [5.41, 5.74) is 3.80. The molecule has 1 aliphatic heterocycles. The van der Waals surface area contributed by atoms with Crippen molar-refractivity contribution >= 4 is 33.4 Å². The number of nitrogens with zero attached hydrogens (tertiary/aromatic N) is 4. The predicted octanol–water partition coefficient (Wildman–Crippen LogP) is 4.75. The highest BCUT2D eigenvalue weighted by atomic mass is 16.1. The number of aromatic nitrogens is 3. The first-order valence-corrected chi connectivity index (χ1v) is 11.3. The summed E-state index contributed by atoms with van der Waals surface area (Å²) in [6, 6.07) is 14.6. The van der Waals surface area contributed by atoms with Crippen molar-refractivity contribution in [2.75, 3.05) is 25.0 Å². The molecule has 1 saturated heterocycles. The van der Waals surface area contributed by atoms with Gasteiger partial charge in [0.25, 0.3) is 5.91 Å². The lowest BCUT2D eigenvalue weighted by atomic mass is 10.1. The molecule has 3 heterocycles. The summed E-state index contributed by atoms with van der Waals surface area (Å²) >= 11 is 0. The van der Waals surface area contributed by atoms with Crippen LogP contribution in [-0.2, 0) is 13.1 Å². The molecule has 2 aromatic carbocycles. The summed E-state index contributed by atoms with van der Waals surface area (Å²) in [6.07, 6.45) is 7.42. The summed E-state index contributed by atoms with van der Waals surface area (Å²) < 4.78 is 4.18. The van der Waals surface area contributed by atoms with Gasteiger partial charge in [-0.25, -0.2) is 0 Å². The van der Waals surface area contributed by atoms with Gasteiger partial charge in [-0.3, -0.25) is 9.48 Å². The van der Waals surface area contributed by atoms with Crippen molar-refractivity contribution in [3.63, 3.8) is 0 Å². The normalized spacial score (nSPS) is 15.0. The van der Waals surface area contributed by atoms with E-state index in [0.717, 1.165) is 30.7 Å². The van der Waals surface area contributed by atoms with Crippen molar-refractivity contribution in [1.82, 2.24) is 19.2 Å². The number of aryl methyl sites for hydroxylation is 1. The molecule has 0 spiro atoms. The molecule has 1 fully saturated rings. The zero-order chi connectivity index (χ0) is 21.2. The fraction of sp³-hybridized carbons (Fsp3) is 0.360. The zero-order valence-corrected chi connectivity index (χ0v) is 18.1. The van der Waals surface area contributed by atoms with E-state index in [1.54, 1.807) is 6.20 Å². The van der Waals surface area contributed by atoms with E-state index in [9.17, 15) is 4.79 Å². The predicted molar refractivity (Wildman–Crippen MR) is 126 cm³/mol. The van der Waals surface area contributed by atoms with Crippen molar-refractivity contribution < 1.29 is 4.79 Å². The van der Waals surface area contributed by atoms with Gasteiger partial charge in [-0.05, 0) is 57.1 Å². The van der Waals surface area contributed by atoms with E-state index in [1.807, 2.05) is 16.9 Å². The standard InChI is InChI=1S/C25H29N5O/c1-2-30-23-9-5-4-8-21(23)22-16-20(10-11-24(22)30)27-25(31)19-17-26-29(18-19)15-14-28-12-6-3-7-13-28/h4-5,8-11,16-18H,2-3,6-7,12-15H2,1H3,(H,27,31). The topological polar surface area (TPSA) is 55.1 Å². The Morgan fingerprint density at radius 2 is 1.81 bits per heavy atom. The van der Waals surface area contributed by atoms with E-state index in [2.05, 4.69) is 63.2 Å². The summed E-state index contributed by atoms with van der Waals surface area (Å²) in [7, 11) is 0. The first-order valence-electron chi connectivity index (χ1n) is 11.3. The largest absolute Gasteiger partial charge is 0.341 e. The lowest BCUT2D eigenvalue weighted by Crippen LogP contribution is -2.32. The number of anilines is 1. The van der Waals surface area contributed by atoms with Crippen LogP contribution in [0.15, 0.2) is 54.9 Å². The number of rotatable bonds is 6. The Balaban J connectivity index is 1.31. The van der Waals surface area contributed by atoms with Gasteiger partial charge in [-0.1, -0.05) is 24.6 Å². The van der Waals surface area contributed by atoms with Gasteiger partial charge in [-0.2, -0.15) is 5.10 Å². The highest BCUT2D eigenvalue weighted by molar-refractivity contribution is 6.11. The average Bonchev–Trinajstić information content (AvgIpc) is 3.41. The zero-order valence-electron chi connectivity index (χ0n) is 18.1. The molecular weight excluding hydrogens is 386 g/mol. The Hall–Kier alpha value is -3.12. The molecule has 0 unspecified atom stereocenters. The van der Waals surface area contributed by atoms with Gasteiger partial charge in [0.15, 0.2) is 0 Å². The first-order chi connectivity index (χ1) is 15.2.